The van der Waals surface area contributed by atoms with E-state index < -0.39 is 25.9 Å². The lowest BCUT2D eigenvalue weighted by Gasteiger charge is -2.44. The van der Waals surface area contributed by atoms with Gasteiger partial charge in [0.15, 0.2) is 0 Å². The topological polar surface area (TPSA) is 43.4 Å². The van der Waals surface area contributed by atoms with Crippen LogP contribution in [0, 0.1) is 0 Å². The average Bonchev–Trinajstić information content (AvgIpc) is 3.34. The fourth-order valence-electron chi connectivity index (χ4n) is 8.03. The number of hydrogen-bond acceptors (Lipinski definition) is 3. The zero-order valence-corrected chi connectivity index (χ0v) is 35.3. The Morgan fingerprint density at radius 2 is 0.556 bits per heavy atom. The second-order valence-electron chi connectivity index (χ2n) is 14.8. The number of rotatable bonds is 11. The van der Waals surface area contributed by atoms with Gasteiger partial charge < -0.3 is 0 Å². The Morgan fingerprint density at radius 3 is 0.810 bits per heavy atom. The Kier molecular flexibility index (Phi) is 11.4. The third-order valence-corrected chi connectivity index (χ3v) is 15.9. The molecule has 0 fully saturated rings. The summed E-state index contributed by atoms with van der Waals surface area (Å²) in [4.78, 5) is 0.835. The minimum absolute atomic E-state index is 0.251. The zero-order chi connectivity index (χ0) is 43.4. The van der Waals surface area contributed by atoms with Gasteiger partial charge in [0.2, 0.25) is 0 Å². The van der Waals surface area contributed by atoms with Crippen molar-refractivity contribution in [2.75, 3.05) is 0 Å². The monoisotopic (exact) mass is 868 g/mol. The van der Waals surface area contributed by atoms with E-state index in [-0.39, 0.29) is 4.90 Å². The Morgan fingerprint density at radius 1 is 0.317 bits per heavy atom. The highest BCUT2D eigenvalue weighted by molar-refractivity contribution is 8.33. The van der Waals surface area contributed by atoms with Crippen LogP contribution in [0.4, 0.5) is 13.2 Å². The summed E-state index contributed by atoms with van der Waals surface area (Å²) in [7, 11) is -10.5. The third-order valence-electron chi connectivity index (χ3n) is 10.9. The first-order chi connectivity index (χ1) is 30.6. The van der Waals surface area contributed by atoms with Crippen molar-refractivity contribution in [1.29, 1.82) is 0 Å². The van der Waals surface area contributed by atoms with Crippen LogP contribution in [-0.4, -0.2) is 13.9 Å². The molecule has 8 heteroatoms. The summed E-state index contributed by atoms with van der Waals surface area (Å²) in [6.07, 6.45) is 0. The molecule has 0 N–H and O–H groups in total. The normalized spacial score (nSPS) is 12.2. The van der Waals surface area contributed by atoms with Gasteiger partial charge in [-0.15, -0.1) is 0 Å². The number of benzene rings is 9. The lowest BCUT2D eigenvalue weighted by molar-refractivity contribution is -0.0496. The molecule has 63 heavy (non-hydrogen) atoms. The number of halogens is 3. The molecule has 0 aromatic heterocycles. The molecule has 0 spiro atoms. The molecular formula is C55H39F3O3S2. The number of alkyl halides is 3. The van der Waals surface area contributed by atoms with Crippen LogP contribution in [0.2, 0.25) is 0 Å². The maximum absolute atomic E-state index is 15.5. The van der Waals surface area contributed by atoms with E-state index in [2.05, 4.69) is 0 Å². The Bertz CT molecular complexity index is 2810. The van der Waals surface area contributed by atoms with Crippen molar-refractivity contribution in [3.05, 3.63) is 237 Å². The fraction of sp³-hybridized carbons (Fsp3) is 0.0182. The highest BCUT2D eigenvalue weighted by Gasteiger charge is 2.54. The molecule has 0 saturated heterocycles. The van der Waals surface area contributed by atoms with Crippen LogP contribution in [-0.2, 0) is 13.7 Å². The Labute approximate surface area is 367 Å². The van der Waals surface area contributed by atoms with Gasteiger partial charge in [0.1, 0.15) is 0 Å². The van der Waals surface area contributed by atoms with Crippen LogP contribution in [0.1, 0.15) is 0 Å². The van der Waals surface area contributed by atoms with Gasteiger partial charge in [-0.05, 0) is 113 Å². The largest absolute Gasteiger partial charge is 0.524 e. The molecule has 0 radical (unpaired) electrons. The van der Waals surface area contributed by atoms with Crippen molar-refractivity contribution in [1.82, 2.24) is 0 Å². The molecule has 0 unspecified atom stereocenters. The van der Waals surface area contributed by atoms with Gasteiger partial charge >= 0.3 is 15.6 Å². The fourth-order valence-corrected chi connectivity index (χ4v) is 13.4. The van der Waals surface area contributed by atoms with Crippen LogP contribution in [0.5, 0.6) is 0 Å². The average molecular weight is 869 g/mol. The quantitative estimate of drug-likeness (QED) is 0.122. The van der Waals surface area contributed by atoms with Crippen LogP contribution >= 0.6 is 10.3 Å². The van der Waals surface area contributed by atoms with Crippen molar-refractivity contribution in [3.8, 4) is 66.8 Å². The van der Waals surface area contributed by atoms with Crippen molar-refractivity contribution >= 4 is 20.4 Å². The summed E-state index contributed by atoms with van der Waals surface area (Å²) in [5.74, 6) is 0. The van der Waals surface area contributed by atoms with Crippen molar-refractivity contribution in [2.24, 2.45) is 0 Å². The summed E-state index contributed by atoms with van der Waals surface area (Å²) >= 11 is 0. The minimum atomic E-state index is -6.38. The van der Waals surface area contributed by atoms with Crippen LogP contribution in [0.25, 0.3) is 66.8 Å². The molecule has 0 amide bonds. The molecule has 9 aromatic carbocycles. The molecule has 9 aromatic rings. The molecule has 0 aliphatic heterocycles. The van der Waals surface area contributed by atoms with E-state index in [0.717, 1.165) is 22.3 Å². The number of hydrogen-bond donors (Lipinski definition) is 0. The Balaban J connectivity index is 1.59. The van der Waals surface area contributed by atoms with Gasteiger partial charge in [-0.25, -0.2) is 0 Å². The van der Waals surface area contributed by atoms with E-state index in [1.54, 1.807) is 30.3 Å². The molecule has 9 rings (SSSR count). The SMILES string of the molecule is O=S(=O)(OS(c1ccccc1)(c1c(-c2ccccc2)cc(-c2ccccc2)cc1-c1ccccc1)c1c(-c2ccccc2)cc(-c2ccccc2)cc1-c1ccccc1)C(F)(F)F. The predicted molar refractivity (Wildman–Crippen MR) is 250 cm³/mol. The first-order valence-electron chi connectivity index (χ1n) is 20.2. The van der Waals surface area contributed by atoms with Gasteiger partial charge in [-0.1, -0.05) is 200 Å². The van der Waals surface area contributed by atoms with Crippen molar-refractivity contribution < 1.29 is 25.2 Å². The van der Waals surface area contributed by atoms with Gasteiger partial charge in [0, 0.05) is 14.7 Å². The van der Waals surface area contributed by atoms with Crippen LogP contribution in [0.15, 0.2) is 251 Å². The van der Waals surface area contributed by atoms with Crippen LogP contribution in [0.3, 0.4) is 0 Å². The lowest BCUT2D eigenvalue weighted by Crippen LogP contribution is -2.28. The molecule has 310 valence electrons. The maximum Gasteiger partial charge on any atom is 0.524 e. The summed E-state index contributed by atoms with van der Waals surface area (Å²) in [5.41, 5.74) is 2.18. The molecule has 3 nitrogen and oxygen atoms in total. The van der Waals surface area contributed by atoms with E-state index >= 15 is 13.2 Å². The third kappa shape index (κ3) is 8.12. The van der Waals surface area contributed by atoms with Gasteiger partial charge in [-0.3, -0.25) is 0 Å². The minimum Gasteiger partial charge on any atom is -0.200 e. The summed E-state index contributed by atoms with van der Waals surface area (Å²) < 4.78 is 81.7. The van der Waals surface area contributed by atoms with Crippen molar-refractivity contribution in [3.63, 3.8) is 0 Å². The Hall–Kier alpha value is -6.97. The van der Waals surface area contributed by atoms with Gasteiger partial charge in [0.25, 0.3) is 0 Å². The summed E-state index contributed by atoms with van der Waals surface area (Å²) in [6, 6.07) is 73.3. The highest BCUT2D eigenvalue weighted by atomic mass is 32.3. The van der Waals surface area contributed by atoms with E-state index in [0.29, 0.717) is 54.3 Å². The maximum atomic E-state index is 15.5. The van der Waals surface area contributed by atoms with Gasteiger partial charge in [0.05, 0.1) is 0 Å². The van der Waals surface area contributed by atoms with E-state index in [4.69, 9.17) is 3.63 Å². The molecule has 0 heterocycles. The molecular weight excluding hydrogens is 830 g/mol. The first kappa shape index (κ1) is 41.4. The molecule has 0 atom stereocenters. The van der Waals surface area contributed by atoms with Crippen LogP contribution < -0.4 is 0 Å². The highest BCUT2D eigenvalue weighted by Crippen LogP contribution is 2.77. The molecule has 0 aliphatic carbocycles. The molecule has 0 bridgehead atoms. The van der Waals surface area contributed by atoms with E-state index in [1.807, 2.05) is 206 Å². The van der Waals surface area contributed by atoms with Crippen molar-refractivity contribution in [2.45, 2.75) is 20.2 Å². The molecule has 0 aliphatic rings. The molecule has 0 saturated carbocycles. The second-order valence-corrected chi connectivity index (χ2v) is 19.2. The standard InChI is InChI=1S/C55H39F3O3S2/c56-55(57,58)63(59,60)61-62(48-34-20-7-21-35-48,53-49(42-26-12-3-13-27-42)36-46(40-22-8-1-9-23-40)37-50(53)43-28-14-4-15-29-43)54-51(44-30-16-5-17-31-44)38-47(41-24-10-2-11-25-41)39-52(54)45-32-18-6-19-33-45/h1-39H. The lowest BCUT2D eigenvalue weighted by atomic mass is 9.93. The summed E-state index contributed by atoms with van der Waals surface area (Å²) in [6.45, 7) is 0. The smallest absolute Gasteiger partial charge is 0.200 e. The predicted octanol–water partition coefficient (Wildman–Crippen LogP) is 15.8. The zero-order valence-electron chi connectivity index (χ0n) is 33.7. The van der Waals surface area contributed by atoms with Gasteiger partial charge in [-0.2, -0.15) is 25.2 Å². The second kappa shape index (κ2) is 17.4. The van der Waals surface area contributed by atoms with E-state index in [1.165, 1.54) is 0 Å². The summed E-state index contributed by atoms with van der Waals surface area (Å²) in [5, 5.41) is 0. The van der Waals surface area contributed by atoms with E-state index in [9.17, 15) is 8.42 Å². The first-order valence-corrected chi connectivity index (χ1v) is 23.2.